The fourth-order valence-electron chi connectivity index (χ4n) is 2.90. The Kier molecular flexibility index (Phi) is 4.19. The summed E-state index contributed by atoms with van der Waals surface area (Å²) in [5.74, 6) is 0. The van der Waals surface area contributed by atoms with E-state index in [9.17, 15) is 13.2 Å². The number of carbonyl (C=O) groups is 1. The quantitative estimate of drug-likeness (QED) is 0.927. The van der Waals surface area contributed by atoms with Crippen molar-refractivity contribution in [2.45, 2.75) is 24.3 Å². The third-order valence-electron chi connectivity index (χ3n) is 3.99. The highest BCUT2D eigenvalue weighted by atomic mass is 32.2. The normalized spacial score (nSPS) is 16.6. The van der Waals surface area contributed by atoms with Crippen LogP contribution in [0.4, 0.5) is 16.2 Å². The van der Waals surface area contributed by atoms with Gasteiger partial charge in [0.2, 0.25) is 0 Å². The average Bonchev–Trinajstić information content (AvgIpc) is 2.91. The molecule has 2 aromatic rings. The number of para-hydroxylation sites is 1. The van der Waals surface area contributed by atoms with E-state index in [0.717, 1.165) is 11.3 Å². The number of hydrogen-bond donors (Lipinski definition) is 1. The summed E-state index contributed by atoms with van der Waals surface area (Å²) in [5, 5.41) is 2.49. The summed E-state index contributed by atoms with van der Waals surface area (Å²) in [4.78, 5) is 11.4. The number of carbonyl (C=O) groups excluding carboxylic acids is 1. The van der Waals surface area contributed by atoms with Crippen LogP contribution in [0.15, 0.2) is 53.4 Å². The van der Waals surface area contributed by atoms with Gasteiger partial charge in [-0.1, -0.05) is 18.2 Å². The van der Waals surface area contributed by atoms with Gasteiger partial charge in [-0.25, -0.2) is 13.2 Å². The minimum absolute atomic E-state index is 0.139. The predicted molar refractivity (Wildman–Crippen MR) is 91.7 cm³/mol. The molecule has 126 valence electrons. The van der Waals surface area contributed by atoms with Gasteiger partial charge in [-0.05, 0) is 49.2 Å². The number of fused-ring (bicyclic) bond motifs is 1. The standard InChI is InChI=1S/C17H18N2O4S/c1-12-11-13-5-3-4-6-16(13)19(12)24(21,22)15-9-7-14(8-10-15)18-17(20)23-2/h3-10,12H,11H2,1-2H3,(H,18,20). The van der Waals surface area contributed by atoms with Crippen LogP contribution in [0.2, 0.25) is 0 Å². The fraction of sp³-hybridized carbons (Fsp3) is 0.235. The van der Waals surface area contributed by atoms with Crippen molar-refractivity contribution in [2.75, 3.05) is 16.7 Å². The van der Waals surface area contributed by atoms with Gasteiger partial charge in [0.15, 0.2) is 0 Å². The summed E-state index contributed by atoms with van der Waals surface area (Å²) in [6.45, 7) is 1.89. The van der Waals surface area contributed by atoms with E-state index in [1.54, 1.807) is 0 Å². The maximum atomic E-state index is 13.0. The van der Waals surface area contributed by atoms with Gasteiger partial charge < -0.3 is 4.74 Å². The second kappa shape index (κ2) is 6.16. The number of amides is 1. The van der Waals surface area contributed by atoms with E-state index in [-0.39, 0.29) is 10.9 Å². The molecule has 3 rings (SSSR count). The maximum absolute atomic E-state index is 13.0. The van der Waals surface area contributed by atoms with Crippen molar-refractivity contribution < 1.29 is 17.9 Å². The molecule has 0 aliphatic carbocycles. The largest absolute Gasteiger partial charge is 0.453 e. The maximum Gasteiger partial charge on any atom is 0.411 e. The van der Waals surface area contributed by atoms with Crippen LogP contribution in [0, 0.1) is 0 Å². The van der Waals surface area contributed by atoms with Crippen molar-refractivity contribution in [1.29, 1.82) is 0 Å². The van der Waals surface area contributed by atoms with Crippen molar-refractivity contribution >= 4 is 27.5 Å². The molecule has 2 aromatic carbocycles. The van der Waals surface area contributed by atoms with Gasteiger partial charge in [-0.3, -0.25) is 9.62 Å². The van der Waals surface area contributed by atoms with Crippen LogP contribution in [0.25, 0.3) is 0 Å². The van der Waals surface area contributed by atoms with Gasteiger partial charge in [-0.2, -0.15) is 0 Å². The molecule has 0 spiro atoms. The zero-order valence-electron chi connectivity index (χ0n) is 13.4. The van der Waals surface area contributed by atoms with Gasteiger partial charge in [0.1, 0.15) is 0 Å². The Labute approximate surface area is 141 Å². The average molecular weight is 346 g/mol. The third kappa shape index (κ3) is 2.82. The van der Waals surface area contributed by atoms with Gasteiger partial charge in [0, 0.05) is 11.7 Å². The first kappa shape index (κ1) is 16.3. The van der Waals surface area contributed by atoms with Crippen molar-refractivity contribution in [3.8, 4) is 0 Å². The van der Waals surface area contributed by atoms with Crippen molar-refractivity contribution in [1.82, 2.24) is 0 Å². The summed E-state index contributed by atoms with van der Waals surface area (Å²) >= 11 is 0. The number of ether oxygens (including phenoxy) is 1. The van der Waals surface area contributed by atoms with E-state index in [1.807, 2.05) is 31.2 Å². The Morgan fingerprint density at radius 1 is 1.17 bits per heavy atom. The number of benzene rings is 2. The monoisotopic (exact) mass is 346 g/mol. The van der Waals surface area contributed by atoms with Crippen LogP contribution in [0.3, 0.4) is 0 Å². The van der Waals surface area contributed by atoms with Gasteiger partial charge >= 0.3 is 6.09 Å². The molecular weight excluding hydrogens is 328 g/mol. The molecule has 1 aliphatic rings. The van der Waals surface area contributed by atoms with E-state index < -0.39 is 16.1 Å². The Bertz CT molecular complexity index is 862. The van der Waals surface area contributed by atoms with E-state index in [1.165, 1.54) is 35.7 Å². The summed E-state index contributed by atoms with van der Waals surface area (Å²) < 4.78 is 32.0. The Morgan fingerprint density at radius 2 is 1.83 bits per heavy atom. The Morgan fingerprint density at radius 3 is 2.50 bits per heavy atom. The van der Waals surface area contributed by atoms with E-state index >= 15 is 0 Å². The first-order valence-corrected chi connectivity index (χ1v) is 8.95. The number of rotatable bonds is 3. The molecular formula is C17H18N2O4S. The van der Waals surface area contributed by atoms with Crippen LogP contribution in [0.5, 0.6) is 0 Å². The lowest BCUT2D eigenvalue weighted by Gasteiger charge is -2.24. The Balaban J connectivity index is 1.92. The van der Waals surface area contributed by atoms with Crippen LogP contribution in [0.1, 0.15) is 12.5 Å². The lowest BCUT2D eigenvalue weighted by molar-refractivity contribution is 0.187. The molecule has 7 heteroatoms. The zero-order valence-corrected chi connectivity index (χ0v) is 14.2. The number of nitrogens with zero attached hydrogens (tertiary/aromatic N) is 1. The molecule has 24 heavy (non-hydrogen) atoms. The second-order valence-electron chi connectivity index (χ2n) is 5.62. The number of nitrogens with one attached hydrogen (secondary N) is 1. The van der Waals surface area contributed by atoms with Crippen molar-refractivity contribution in [2.24, 2.45) is 0 Å². The third-order valence-corrected chi connectivity index (χ3v) is 5.93. The van der Waals surface area contributed by atoms with Crippen LogP contribution in [-0.4, -0.2) is 27.7 Å². The van der Waals surface area contributed by atoms with E-state index in [2.05, 4.69) is 10.1 Å². The van der Waals surface area contributed by atoms with Crippen LogP contribution >= 0.6 is 0 Å². The summed E-state index contributed by atoms with van der Waals surface area (Å²) in [6.07, 6.45) is 0.0879. The Hall–Kier alpha value is -2.54. The lowest BCUT2D eigenvalue weighted by atomic mass is 10.1. The molecule has 6 nitrogen and oxygen atoms in total. The molecule has 0 saturated carbocycles. The zero-order chi connectivity index (χ0) is 17.3. The number of methoxy groups -OCH3 is 1. The highest BCUT2D eigenvalue weighted by Crippen LogP contribution is 2.36. The highest BCUT2D eigenvalue weighted by molar-refractivity contribution is 7.92. The van der Waals surface area contributed by atoms with E-state index in [4.69, 9.17) is 0 Å². The number of hydrogen-bond acceptors (Lipinski definition) is 4. The SMILES string of the molecule is COC(=O)Nc1ccc(S(=O)(=O)N2c3ccccc3CC2C)cc1. The number of sulfonamides is 1. The molecule has 1 amide bonds. The minimum atomic E-state index is -3.66. The summed E-state index contributed by atoms with van der Waals surface area (Å²) in [7, 11) is -2.40. The molecule has 0 saturated heterocycles. The van der Waals surface area contributed by atoms with E-state index in [0.29, 0.717) is 12.1 Å². The summed E-state index contributed by atoms with van der Waals surface area (Å²) in [6, 6.07) is 13.4. The van der Waals surface area contributed by atoms with Crippen LogP contribution in [-0.2, 0) is 21.2 Å². The topological polar surface area (TPSA) is 75.7 Å². The lowest BCUT2D eigenvalue weighted by Crippen LogP contribution is -2.35. The highest BCUT2D eigenvalue weighted by Gasteiger charge is 2.35. The molecule has 1 unspecified atom stereocenters. The minimum Gasteiger partial charge on any atom is -0.453 e. The second-order valence-corrected chi connectivity index (χ2v) is 7.44. The molecule has 0 aromatic heterocycles. The molecule has 1 heterocycles. The predicted octanol–water partition coefficient (Wildman–Crippen LogP) is 3.00. The van der Waals surface area contributed by atoms with Crippen molar-refractivity contribution in [3.63, 3.8) is 0 Å². The van der Waals surface area contributed by atoms with Gasteiger partial charge in [0.25, 0.3) is 10.0 Å². The fourth-order valence-corrected chi connectivity index (χ4v) is 4.59. The molecule has 1 atom stereocenters. The van der Waals surface area contributed by atoms with Crippen LogP contribution < -0.4 is 9.62 Å². The molecule has 0 bridgehead atoms. The first-order chi connectivity index (χ1) is 11.4. The molecule has 1 N–H and O–H groups in total. The number of anilines is 2. The molecule has 0 fully saturated rings. The molecule has 0 radical (unpaired) electrons. The van der Waals surface area contributed by atoms with Gasteiger partial charge in [-0.15, -0.1) is 0 Å². The molecule has 1 aliphatic heterocycles. The summed E-state index contributed by atoms with van der Waals surface area (Å²) in [5.41, 5.74) is 2.22. The smallest absolute Gasteiger partial charge is 0.411 e. The first-order valence-electron chi connectivity index (χ1n) is 7.51. The van der Waals surface area contributed by atoms with Gasteiger partial charge in [0.05, 0.1) is 17.7 Å². The van der Waals surface area contributed by atoms with Crippen molar-refractivity contribution in [3.05, 3.63) is 54.1 Å².